The fourth-order valence-electron chi connectivity index (χ4n) is 3.80. The average molecular weight is 314 g/mol. The third-order valence-electron chi connectivity index (χ3n) is 5.75. The van der Waals surface area contributed by atoms with Crippen molar-refractivity contribution >= 4 is 11.9 Å². The van der Waals surface area contributed by atoms with Crippen molar-refractivity contribution in [3.05, 3.63) is 35.4 Å². The summed E-state index contributed by atoms with van der Waals surface area (Å²) < 4.78 is 0. The number of benzene rings is 1. The van der Waals surface area contributed by atoms with Crippen LogP contribution in [-0.4, -0.2) is 29.6 Å². The Morgan fingerprint density at radius 1 is 1.09 bits per heavy atom. The summed E-state index contributed by atoms with van der Waals surface area (Å²) in [6.45, 7) is 0.929. The van der Waals surface area contributed by atoms with Crippen molar-refractivity contribution in [2.24, 2.45) is 5.41 Å². The highest BCUT2D eigenvalue weighted by Crippen LogP contribution is 2.54. The fraction of sp³-hybridized carbons (Fsp3) is 0.556. The molecule has 1 heterocycles. The molecule has 1 spiro atoms. The van der Waals surface area contributed by atoms with E-state index in [0.717, 1.165) is 31.4 Å². The molecule has 23 heavy (non-hydrogen) atoms. The monoisotopic (exact) mass is 314 g/mol. The first-order valence-electron chi connectivity index (χ1n) is 8.41. The van der Waals surface area contributed by atoms with Gasteiger partial charge in [0.15, 0.2) is 0 Å². The quantitative estimate of drug-likeness (QED) is 0.794. The van der Waals surface area contributed by atoms with Crippen LogP contribution in [-0.2, 0) is 10.3 Å². The molecule has 1 amide bonds. The normalized spacial score (nSPS) is 26.5. The van der Waals surface area contributed by atoms with Crippen LogP contribution in [0.25, 0.3) is 0 Å². The van der Waals surface area contributed by atoms with Gasteiger partial charge in [-0.15, -0.1) is 0 Å². The molecular formula is C18H22N2O3. The van der Waals surface area contributed by atoms with E-state index in [4.69, 9.17) is 5.11 Å². The molecule has 5 heteroatoms. The average Bonchev–Trinajstić information content (AvgIpc) is 3.47. The van der Waals surface area contributed by atoms with E-state index in [1.54, 1.807) is 12.1 Å². The van der Waals surface area contributed by atoms with Gasteiger partial charge in [0, 0.05) is 0 Å². The molecule has 3 fully saturated rings. The van der Waals surface area contributed by atoms with Crippen molar-refractivity contribution in [1.82, 2.24) is 10.6 Å². The Hall–Kier alpha value is -1.88. The van der Waals surface area contributed by atoms with Gasteiger partial charge >= 0.3 is 5.97 Å². The van der Waals surface area contributed by atoms with Gasteiger partial charge in [0.1, 0.15) is 0 Å². The highest BCUT2D eigenvalue weighted by molar-refractivity contribution is 5.87. The summed E-state index contributed by atoms with van der Waals surface area (Å²) in [7, 11) is 0. The number of rotatable bonds is 4. The Kier molecular flexibility index (Phi) is 3.23. The summed E-state index contributed by atoms with van der Waals surface area (Å²) in [5, 5.41) is 15.6. The lowest BCUT2D eigenvalue weighted by atomic mass is 9.89. The van der Waals surface area contributed by atoms with Crippen molar-refractivity contribution in [3.8, 4) is 0 Å². The van der Waals surface area contributed by atoms with Gasteiger partial charge in [0.25, 0.3) is 0 Å². The Morgan fingerprint density at radius 2 is 1.78 bits per heavy atom. The van der Waals surface area contributed by atoms with Gasteiger partial charge in [-0.25, -0.2) is 4.79 Å². The number of hydrogen-bond acceptors (Lipinski definition) is 3. The molecule has 2 saturated carbocycles. The van der Waals surface area contributed by atoms with Crippen LogP contribution < -0.4 is 10.6 Å². The Labute approximate surface area is 135 Å². The molecule has 0 radical (unpaired) electrons. The highest BCUT2D eigenvalue weighted by Gasteiger charge is 2.50. The zero-order valence-corrected chi connectivity index (χ0v) is 13.1. The number of aromatic carboxylic acids is 1. The van der Waals surface area contributed by atoms with Gasteiger partial charge in [-0.3, -0.25) is 4.79 Å². The molecule has 0 unspecified atom stereocenters. The number of hydrogen-bond donors (Lipinski definition) is 3. The van der Waals surface area contributed by atoms with Crippen LogP contribution in [0.3, 0.4) is 0 Å². The summed E-state index contributed by atoms with van der Waals surface area (Å²) >= 11 is 0. The number of carboxylic acid groups (broad SMARTS) is 1. The summed E-state index contributed by atoms with van der Waals surface area (Å²) in [4.78, 5) is 23.6. The number of carbonyl (C=O) groups excluding carboxylic acids is 1. The minimum Gasteiger partial charge on any atom is -0.478 e. The smallest absolute Gasteiger partial charge is 0.335 e. The first-order chi connectivity index (χ1) is 11.0. The molecular weight excluding hydrogens is 292 g/mol. The summed E-state index contributed by atoms with van der Waals surface area (Å²) in [5.74, 6) is -0.831. The van der Waals surface area contributed by atoms with E-state index < -0.39 is 5.97 Å². The molecule has 3 aliphatic rings. The van der Waals surface area contributed by atoms with Gasteiger partial charge in [0.05, 0.1) is 17.1 Å². The lowest BCUT2D eigenvalue weighted by molar-refractivity contribution is -0.125. The largest absolute Gasteiger partial charge is 0.478 e. The maximum absolute atomic E-state index is 12.7. The number of carboxylic acids is 1. The lowest BCUT2D eigenvalue weighted by Gasteiger charge is -2.31. The predicted octanol–water partition coefficient (Wildman–Crippen LogP) is 2.02. The van der Waals surface area contributed by atoms with Crippen LogP contribution in [0, 0.1) is 5.41 Å². The van der Waals surface area contributed by atoms with Crippen LogP contribution in [0.15, 0.2) is 24.3 Å². The minimum absolute atomic E-state index is 0.0815. The van der Waals surface area contributed by atoms with Gasteiger partial charge in [0.2, 0.25) is 5.91 Å². The molecule has 0 bridgehead atoms. The van der Waals surface area contributed by atoms with Crippen molar-refractivity contribution in [1.29, 1.82) is 0 Å². The third kappa shape index (κ3) is 2.74. The van der Waals surface area contributed by atoms with Crippen LogP contribution in [0.4, 0.5) is 0 Å². The number of carbonyl (C=O) groups is 2. The molecule has 2 aliphatic carbocycles. The maximum Gasteiger partial charge on any atom is 0.335 e. The molecule has 1 aromatic rings. The standard InChI is InChI=1S/C18H22N2O3/c21-15(14-11-17(5-6-17)9-10-19-14)20-18(7-8-18)13-3-1-12(2-4-13)16(22)23/h1-4,14,19H,5-11H2,(H,20,21)(H,22,23)/t14-/m1/s1. The Balaban J connectivity index is 1.45. The molecule has 5 nitrogen and oxygen atoms in total. The van der Waals surface area contributed by atoms with Gasteiger partial charge < -0.3 is 15.7 Å². The Morgan fingerprint density at radius 3 is 2.35 bits per heavy atom. The Bertz CT molecular complexity index is 645. The molecule has 0 aromatic heterocycles. The highest BCUT2D eigenvalue weighted by atomic mass is 16.4. The van der Waals surface area contributed by atoms with Crippen LogP contribution in [0.5, 0.6) is 0 Å². The number of nitrogens with one attached hydrogen (secondary N) is 2. The molecule has 122 valence electrons. The molecule has 3 N–H and O–H groups in total. The number of amides is 1. The zero-order valence-electron chi connectivity index (χ0n) is 13.1. The molecule has 1 atom stereocenters. The minimum atomic E-state index is -0.924. The van der Waals surface area contributed by atoms with E-state index in [2.05, 4.69) is 10.6 Å². The van der Waals surface area contributed by atoms with Crippen LogP contribution in [0.2, 0.25) is 0 Å². The van der Waals surface area contributed by atoms with E-state index in [1.807, 2.05) is 12.1 Å². The van der Waals surface area contributed by atoms with E-state index in [9.17, 15) is 9.59 Å². The second-order valence-electron chi connectivity index (χ2n) is 7.41. The topological polar surface area (TPSA) is 78.4 Å². The first-order valence-corrected chi connectivity index (χ1v) is 8.41. The van der Waals surface area contributed by atoms with E-state index >= 15 is 0 Å². The molecule has 1 aliphatic heterocycles. The molecule has 1 saturated heterocycles. The van der Waals surface area contributed by atoms with Crippen LogP contribution in [0.1, 0.15) is 54.4 Å². The van der Waals surface area contributed by atoms with Gasteiger partial charge in [-0.05, 0) is 68.2 Å². The van der Waals surface area contributed by atoms with Crippen molar-refractivity contribution < 1.29 is 14.7 Å². The van der Waals surface area contributed by atoms with Gasteiger partial charge in [-0.2, -0.15) is 0 Å². The van der Waals surface area contributed by atoms with Crippen LogP contribution >= 0.6 is 0 Å². The SMILES string of the molecule is O=C(O)c1ccc(C2(NC(=O)[C@H]3CC4(CCN3)CC4)CC2)cc1. The predicted molar refractivity (Wildman–Crippen MR) is 85.1 cm³/mol. The molecule has 1 aromatic carbocycles. The third-order valence-corrected chi connectivity index (χ3v) is 5.75. The van der Waals surface area contributed by atoms with E-state index in [-0.39, 0.29) is 23.1 Å². The summed E-state index contributed by atoms with van der Waals surface area (Å²) in [6.07, 6.45) is 6.51. The van der Waals surface area contributed by atoms with E-state index in [0.29, 0.717) is 5.41 Å². The second-order valence-corrected chi connectivity index (χ2v) is 7.41. The van der Waals surface area contributed by atoms with Crippen molar-refractivity contribution in [2.45, 2.75) is 50.1 Å². The van der Waals surface area contributed by atoms with Gasteiger partial charge in [-0.1, -0.05) is 12.1 Å². The molecule has 4 rings (SSSR count). The summed E-state index contributed by atoms with van der Waals surface area (Å²) in [6, 6.07) is 6.80. The lowest BCUT2D eigenvalue weighted by Crippen LogP contribution is -2.51. The van der Waals surface area contributed by atoms with Crippen molar-refractivity contribution in [2.75, 3.05) is 6.54 Å². The summed E-state index contributed by atoms with van der Waals surface area (Å²) in [5.41, 5.74) is 1.44. The maximum atomic E-state index is 12.7. The zero-order chi connectivity index (χ0) is 16.1. The van der Waals surface area contributed by atoms with Crippen molar-refractivity contribution in [3.63, 3.8) is 0 Å². The first kappa shape index (κ1) is 14.7. The number of piperidine rings is 1. The van der Waals surface area contributed by atoms with E-state index in [1.165, 1.54) is 19.3 Å². The second kappa shape index (κ2) is 5.06. The fourth-order valence-corrected chi connectivity index (χ4v) is 3.80.